The number of carbonyl (C=O) groups excluding carboxylic acids is 2. The molecule has 1 saturated heterocycles. The first kappa shape index (κ1) is 22.9. The number of nitrogens with zero attached hydrogens (tertiary/aromatic N) is 2. The fourth-order valence-corrected chi connectivity index (χ4v) is 4.51. The number of aliphatic imine (C=N–C) groups is 1. The zero-order valence-electron chi connectivity index (χ0n) is 18.4. The molecule has 0 spiro atoms. The van der Waals surface area contributed by atoms with Crippen LogP contribution in [0.3, 0.4) is 0 Å². The van der Waals surface area contributed by atoms with E-state index in [2.05, 4.69) is 14.9 Å². The Kier molecular flexibility index (Phi) is 6.72. The zero-order valence-corrected chi connectivity index (χ0v) is 20.0. The van der Waals surface area contributed by atoms with Crippen LogP contribution in [0, 0.1) is 13.8 Å². The molecule has 0 bridgehead atoms. The Morgan fingerprint density at radius 1 is 1.15 bits per heavy atom. The SMILES string of the molecule is CCOC(=O)c1ccc(-n2c(C)cc(/C=C3/SC(=Nc4ccc(Cl)cc4)NC3=O)c2C)cc1. The van der Waals surface area contributed by atoms with Crippen LogP contribution in [0.25, 0.3) is 11.8 Å². The van der Waals surface area contributed by atoms with Crippen molar-refractivity contribution in [3.05, 3.63) is 87.0 Å². The van der Waals surface area contributed by atoms with Crippen molar-refractivity contribution in [2.24, 2.45) is 4.99 Å². The number of aromatic nitrogens is 1. The van der Waals surface area contributed by atoms with Gasteiger partial charge in [-0.3, -0.25) is 4.79 Å². The number of nitrogens with one attached hydrogen (secondary N) is 1. The molecule has 2 aromatic carbocycles. The summed E-state index contributed by atoms with van der Waals surface area (Å²) in [6.45, 7) is 6.12. The quantitative estimate of drug-likeness (QED) is 0.370. The summed E-state index contributed by atoms with van der Waals surface area (Å²) in [5, 5.41) is 3.97. The van der Waals surface area contributed by atoms with Gasteiger partial charge in [0.1, 0.15) is 0 Å². The molecule has 8 heteroatoms. The van der Waals surface area contributed by atoms with Crippen LogP contribution in [0.5, 0.6) is 0 Å². The van der Waals surface area contributed by atoms with Crippen LogP contribution in [0.1, 0.15) is 34.2 Å². The molecule has 168 valence electrons. The highest BCUT2D eigenvalue weighted by Gasteiger charge is 2.24. The monoisotopic (exact) mass is 479 g/mol. The second-order valence-corrected chi connectivity index (χ2v) is 8.85. The highest BCUT2D eigenvalue weighted by atomic mass is 35.5. The summed E-state index contributed by atoms with van der Waals surface area (Å²) in [6.07, 6.45) is 1.87. The average Bonchev–Trinajstić information content (AvgIpc) is 3.28. The lowest BCUT2D eigenvalue weighted by Gasteiger charge is -2.10. The number of thioether (sulfide) groups is 1. The van der Waals surface area contributed by atoms with E-state index in [0.29, 0.717) is 33.0 Å². The Bertz CT molecular complexity index is 1280. The minimum atomic E-state index is -0.337. The van der Waals surface area contributed by atoms with Crippen LogP contribution in [0.15, 0.2) is 64.5 Å². The van der Waals surface area contributed by atoms with E-state index in [-0.39, 0.29) is 11.9 Å². The summed E-state index contributed by atoms with van der Waals surface area (Å²) in [7, 11) is 0. The number of esters is 1. The number of hydrogen-bond acceptors (Lipinski definition) is 5. The Morgan fingerprint density at radius 2 is 1.85 bits per heavy atom. The molecule has 33 heavy (non-hydrogen) atoms. The number of rotatable bonds is 5. The minimum Gasteiger partial charge on any atom is -0.462 e. The molecule has 3 aromatic rings. The van der Waals surface area contributed by atoms with Crippen molar-refractivity contribution in [3.63, 3.8) is 0 Å². The maximum absolute atomic E-state index is 12.5. The topological polar surface area (TPSA) is 72.7 Å². The standard InChI is InChI=1S/C25H22ClN3O3S/c1-4-32-24(31)17-5-11-21(12-6-17)29-15(2)13-18(16(29)3)14-22-23(30)28-25(33-22)27-20-9-7-19(26)8-10-20/h5-14H,4H2,1-3H3,(H,27,28,30)/b22-14+. The number of hydrogen-bond donors (Lipinski definition) is 1. The van der Waals surface area contributed by atoms with E-state index in [1.54, 1.807) is 43.3 Å². The van der Waals surface area contributed by atoms with Crippen molar-refractivity contribution >= 4 is 52.2 Å². The number of benzene rings is 2. The molecular weight excluding hydrogens is 458 g/mol. The highest BCUT2D eigenvalue weighted by Crippen LogP contribution is 2.31. The van der Waals surface area contributed by atoms with E-state index < -0.39 is 0 Å². The van der Waals surface area contributed by atoms with Crippen LogP contribution >= 0.6 is 23.4 Å². The number of amidine groups is 1. The molecule has 1 aliphatic heterocycles. The van der Waals surface area contributed by atoms with Gasteiger partial charge in [-0.15, -0.1) is 0 Å². The Morgan fingerprint density at radius 3 is 2.52 bits per heavy atom. The third kappa shape index (κ3) is 5.05. The van der Waals surface area contributed by atoms with Gasteiger partial charge in [-0.05, 0) is 98.8 Å². The van der Waals surface area contributed by atoms with E-state index in [1.165, 1.54) is 11.8 Å². The van der Waals surface area contributed by atoms with Gasteiger partial charge in [0.25, 0.3) is 5.91 Å². The summed E-state index contributed by atoms with van der Waals surface area (Å²) in [5.74, 6) is -0.521. The maximum atomic E-state index is 12.5. The smallest absolute Gasteiger partial charge is 0.338 e. The highest BCUT2D eigenvalue weighted by molar-refractivity contribution is 8.18. The zero-order chi connectivity index (χ0) is 23.5. The Hall–Kier alpha value is -3.29. The molecule has 0 unspecified atom stereocenters. The first-order valence-corrected chi connectivity index (χ1v) is 11.6. The molecule has 1 N–H and O–H groups in total. The third-order valence-corrected chi connectivity index (χ3v) is 6.26. The molecule has 0 aliphatic carbocycles. The number of amides is 1. The lowest BCUT2D eigenvalue weighted by molar-refractivity contribution is -0.115. The van der Waals surface area contributed by atoms with Crippen LogP contribution in [-0.2, 0) is 9.53 Å². The second-order valence-electron chi connectivity index (χ2n) is 7.39. The first-order chi connectivity index (χ1) is 15.9. The van der Waals surface area contributed by atoms with Crippen molar-refractivity contribution in [1.29, 1.82) is 0 Å². The van der Waals surface area contributed by atoms with Gasteiger partial charge < -0.3 is 14.6 Å². The van der Waals surface area contributed by atoms with E-state index in [0.717, 1.165) is 22.6 Å². The van der Waals surface area contributed by atoms with Gasteiger partial charge in [0.15, 0.2) is 5.17 Å². The molecule has 1 aliphatic rings. The normalized spacial score (nSPS) is 15.8. The maximum Gasteiger partial charge on any atom is 0.338 e. The van der Waals surface area contributed by atoms with Gasteiger partial charge in [0.05, 0.1) is 22.8 Å². The number of aryl methyl sites for hydroxylation is 1. The largest absolute Gasteiger partial charge is 0.462 e. The van der Waals surface area contributed by atoms with Gasteiger partial charge in [0.2, 0.25) is 0 Å². The van der Waals surface area contributed by atoms with Crippen LogP contribution in [-0.4, -0.2) is 28.2 Å². The lowest BCUT2D eigenvalue weighted by atomic mass is 10.2. The van der Waals surface area contributed by atoms with Gasteiger partial charge >= 0.3 is 5.97 Å². The third-order valence-electron chi connectivity index (χ3n) is 5.10. The summed E-state index contributed by atoms with van der Waals surface area (Å²) in [6, 6.07) is 16.4. The van der Waals surface area contributed by atoms with Crippen LogP contribution in [0.2, 0.25) is 5.02 Å². The number of halogens is 1. The Balaban J connectivity index is 1.58. The molecular formula is C25H22ClN3O3S. The van der Waals surface area contributed by atoms with Crippen molar-refractivity contribution in [3.8, 4) is 5.69 Å². The predicted octanol–water partition coefficient (Wildman–Crippen LogP) is 5.82. The van der Waals surface area contributed by atoms with Gasteiger partial charge in [0, 0.05) is 22.1 Å². The molecule has 4 rings (SSSR count). The number of carbonyl (C=O) groups is 2. The molecule has 2 heterocycles. The van der Waals surface area contributed by atoms with Crippen LogP contribution < -0.4 is 5.32 Å². The van der Waals surface area contributed by atoms with Gasteiger partial charge in [-0.25, -0.2) is 9.79 Å². The summed E-state index contributed by atoms with van der Waals surface area (Å²) < 4.78 is 7.14. The van der Waals surface area contributed by atoms with Crippen molar-refractivity contribution in [2.75, 3.05) is 6.61 Å². The fourth-order valence-electron chi connectivity index (χ4n) is 3.55. The van der Waals surface area contributed by atoms with E-state index >= 15 is 0 Å². The van der Waals surface area contributed by atoms with Crippen molar-refractivity contribution < 1.29 is 14.3 Å². The first-order valence-electron chi connectivity index (χ1n) is 10.4. The molecule has 0 saturated carbocycles. The van der Waals surface area contributed by atoms with Crippen molar-refractivity contribution in [1.82, 2.24) is 9.88 Å². The fraction of sp³-hybridized carbons (Fsp3) is 0.160. The molecule has 0 atom stereocenters. The molecule has 6 nitrogen and oxygen atoms in total. The van der Waals surface area contributed by atoms with E-state index in [1.807, 2.05) is 38.1 Å². The lowest BCUT2D eigenvalue weighted by Crippen LogP contribution is -2.19. The summed E-state index contributed by atoms with van der Waals surface area (Å²) in [5.41, 5.74) is 5.09. The molecule has 1 amide bonds. The average molecular weight is 480 g/mol. The van der Waals surface area contributed by atoms with Crippen molar-refractivity contribution in [2.45, 2.75) is 20.8 Å². The van der Waals surface area contributed by atoms with E-state index in [4.69, 9.17) is 16.3 Å². The number of ether oxygens (including phenoxy) is 1. The summed E-state index contributed by atoms with van der Waals surface area (Å²) >= 11 is 7.22. The predicted molar refractivity (Wildman–Crippen MR) is 133 cm³/mol. The Labute approximate surface area is 201 Å². The van der Waals surface area contributed by atoms with Gasteiger partial charge in [-0.2, -0.15) is 0 Å². The molecule has 1 aromatic heterocycles. The van der Waals surface area contributed by atoms with E-state index in [9.17, 15) is 9.59 Å². The second kappa shape index (κ2) is 9.68. The minimum absolute atomic E-state index is 0.184. The summed E-state index contributed by atoms with van der Waals surface area (Å²) in [4.78, 5) is 29.5. The van der Waals surface area contributed by atoms with Gasteiger partial charge in [-0.1, -0.05) is 11.6 Å². The molecule has 0 radical (unpaired) electrons. The molecule has 1 fully saturated rings. The van der Waals surface area contributed by atoms with Crippen LogP contribution in [0.4, 0.5) is 5.69 Å².